The lowest BCUT2D eigenvalue weighted by atomic mass is 9.93. The Morgan fingerprint density at radius 1 is 1.25 bits per heavy atom. The van der Waals surface area contributed by atoms with Crippen molar-refractivity contribution >= 4 is 5.97 Å². The van der Waals surface area contributed by atoms with Crippen LogP contribution in [0.15, 0.2) is 24.3 Å². The van der Waals surface area contributed by atoms with Crippen LogP contribution in [0.5, 0.6) is 0 Å². The van der Waals surface area contributed by atoms with E-state index in [1.807, 2.05) is 0 Å². The smallest absolute Gasteiger partial charge is 0.337 e. The number of ether oxygens (including phenoxy) is 1. The van der Waals surface area contributed by atoms with E-state index in [-0.39, 0.29) is 5.97 Å². The lowest BCUT2D eigenvalue weighted by Crippen LogP contribution is -2.14. The summed E-state index contributed by atoms with van der Waals surface area (Å²) in [6.07, 6.45) is 3.06. The van der Waals surface area contributed by atoms with Crippen LogP contribution in [-0.2, 0) is 10.4 Å². The van der Waals surface area contributed by atoms with E-state index in [4.69, 9.17) is 0 Å². The Bertz CT molecular complexity index is 377. The minimum atomic E-state index is -1.19. The van der Waals surface area contributed by atoms with Crippen molar-refractivity contribution in [2.75, 3.05) is 7.11 Å². The molecule has 0 aliphatic heterocycles. The number of methoxy groups -OCH3 is 1. The van der Waals surface area contributed by atoms with E-state index >= 15 is 0 Å². The van der Waals surface area contributed by atoms with Gasteiger partial charge in [0.1, 0.15) is 5.67 Å². The zero-order chi connectivity index (χ0) is 11.6. The van der Waals surface area contributed by atoms with Crippen LogP contribution in [0.1, 0.15) is 41.6 Å². The Balaban J connectivity index is 2.22. The first-order valence-electron chi connectivity index (χ1n) is 5.53. The first kappa shape index (κ1) is 11.1. The molecule has 16 heavy (non-hydrogen) atoms. The summed E-state index contributed by atoms with van der Waals surface area (Å²) in [6.45, 7) is 0. The molecule has 0 aromatic heterocycles. The maximum Gasteiger partial charge on any atom is 0.337 e. The normalized spacial score (nSPS) is 18.4. The highest BCUT2D eigenvalue weighted by Gasteiger charge is 2.35. The van der Waals surface area contributed by atoms with Gasteiger partial charge in [0, 0.05) is 0 Å². The van der Waals surface area contributed by atoms with Crippen molar-refractivity contribution in [1.82, 2.24) is 0 Å². The molecule has 3 heteroatoms. The molecule has 0 atom stereocenters. The molecule has 0 spiro atoms. The van der Waals surface area contributed by atoms with Crippen LogP contribution in [0.4, 0.5) is 4.39 Å². The second kappa shape index (κ2) is 4.24. The second-order valence-electron chi connectivity index (χ2n) is 4.24. The highest BCUT2D eigenvalue weighted by Crippen LogP contribution is 2.42. The summed E-state index contributed by atoms with van der Waals surface area (Å²) < 4.78 is 18.9. The van der Waals surface area contributed by atoms with Crippen LogP contribution < -0.4 is 0 Å². The van der Waals surface area contributed by atoms with Crippen molar-refractivity contribution in [2.24, 2.45) is 0 Å². The maximum absolute atomic E-state index is 14.3. The molecule has 0 bridgehead atoms. The summed E-state index contributed by atoms with van der Waals surface area (Å²) in [5, 5.41) is 0. The third-order valence-electron chi connectivity index (χ3n) is 3.22. The van der Waals surface area contributed by atoms with Crippen molar-refractivity contribution in [1.29, 1.82) is 0 Å². The fourth-order valence-electron chi connectivity index (χ4n) is 2.25. The third kappa shape index (κ3) is 1.94. The third-order valence-corrected chi connectivity index (χ3v) is 3.22. The molecular formula is C13H15FO2. The zero-order valence-electron chi connectivity index (χ0n) is 9.33. The van der Waals surface area contributed by atoms with E-state index in [0.29, 0.717) is 24.0 Å². The molecule has 1 saturated carbocycles. The van der Waals surface area contributed by atoms with Gasteiger partial charge in [0.25, 0.3) is 0 Å². The summed E-state index contributed by atoms with van der Waals surface area (Å²) in [5.74, 6) is -0.383. The fourth-order valence-corrected chi connectivity index (χ4v) is 2.25. The Hall–Kier alpha value is -1.38. The molecule has 2 rings (SSSR count). The van der Waals surface area contributed by atoms with Gasteiger partial charge < -0.3 is 4.74 Å². The van der Waals surface area contributed by atoms with Crippen LogP contribution in [0, 0.1) is 0 Å². The molecule has 86 valence electrons. The van der Waals surface area contributed by atoms with E-state index in [9.17, 15) is 9.18 Å². The van der Waals surface area contributed by atoms with Gasteiger partial charge in [0.2, 0.25) is 0 Å². The van der Waals surface area contributed by atoms with Crippen LogP contribution in [0.3, 0.4) is 0 Å². The molecular weight excluding hydrogens is 207 g/mol. The van der Waals surface area contributed by atoms with E-state index in [1.54, 1.807) is 24.3 Å². The topological polar surface area (TPSA) is 26.3 Å². The van der Waals surface area contributed by atoms with Crippen molar-refractivity contribution in [2.45, 2.75) is 31.4 Å². The Kier molecular flexibility index (Phi) is 2.95. The first-order chi connectivity index (χ1) is 7.65. The van der Waals surface area contributed by atoms with Crippen molar-refractivity contribution < 1.29 is 13.9 Å². The molecule has 1 aromatic rings. The van der Waals surface area contributed by atoms with E-state index < -0.39 is 5.67 Å². The summed E-state index contributed by atoms with van der Waals surface area (Å²) in [4.78, 5) is 11.2. The molecule has 0 saturated heterocycles. The molecule has 1 aromatic carbocycles. The summed E-state index contributed by atoms with van der Waals surface area (Å²) in [6, 6.07) is 6.64. The van der Waals surface area contributed by atoms with Gasteiger partial charge in [-0.15, -0.1) is 0 Å². The number of alkyl halides is 1. The standard InChI is InChI=1S/C13H15FO2/c1-16-12(15)10-4-6-11(7-5-10)13(14)8-2-3-9-13/h4-7H,2-3,8-9H2,1H3. The molecule has 0 N–H and O–H groups in total. The van der Waals surface area contributed by atoms with Gasteiger partial charge >= 0.3 is 5.97 Å². The quantitative estimate of drug-likeness (QED) is 0.718. The van der Waals surface area contributed by atoms with Crippen LogP contribution >= 0.6 is 0 Å². The van der Waals surface area contributed by atoms with E-state index in [0.717, 1.165) is 12.8 Å². The molecule has 2 nitrogen and oxygen atoms in total. The van der Waals surface area contributed by atoms with Crippen LogP contribution in [-0.4, -0.2) is 13.1 Å². The molecule has 0 amide bonds. The molecule has 1 fully saturated rings. The predicted molar refractivity (Wildman–Crippen MR) is 59.0 cm³/mol. The summed E-state index contributed by atoms with van der Waals surface area (Å²) >= 11 is 0. The van der Waals surface area contributed by atoms with Gasteiger partial charge in [-0.3, -0.25) is 0 Å². The summed E-state index contributed by atoms with van der Waals surface area (Å²) in [7, 11) is 1.34. The van der Waals surface area contributed by atoms with Gasteiger partial charge in [-0.05, 0) is 43.4 Å². The van der Waals surface area contributed by atoms with Crippen molar-refractivity contribution in [3.8, 4) is 0 Å². The SMILES string of the molecule is COC(=O)c1ccc(C2(F)CCCC2)cc1. The van der Waals surface area contributed by atoms with E-state index in [1.165, 1.54) is 7.11 Å². The number of halogens is 1. The van der Waals surface area contributed by atoms with Gasteiger partial charge in [-0.25, -0.2) is 9.18 Å². The highest BCUT2D eigenvalue weighted by atomic mass is 19.1. The number of carbonyl (C=O) groups excluding carboxylic acids is 1. The number of rotatable bonds is 2. The number of esters is 1. The molecule has 1 aliphatic rings. The van der Waals surface area contributed by atoms with Gasteiger partial charge in [-0.1, -0.05) is 12.1 Å². The van der Waals surface area contributed by atoms with Crippen molar-refractivity contribution in [3.05, 3.63) is 35.4 Å². The van der Waals surface area contributed by atoms with Crippen LogP contribution in [0.2, 0.25) is 0 Å². The Morgan fingerprint density at radius 3 is 2.31 bits per heavy atom. The molecule has 0 unspecified atom stereocenters. The highest BCUT2D eigenvalue weighted by molar-refractivity contribution is 5.89. The molecule has 0 radical (unpaired) electrons. The number of carbonyl (C=O) groups is 1. The number of benzene rings is 1. The Morgan fingerprint density at radius 2 is 1.81 bits per heavy atom. The predicted octanol–water partition coefficient (Wildman–Crippen LogP) is 3.21. The lowest BCUT2D eigenvalue weighted by Gasteiger charge is -2.19. The average molecular weight is 222 g/mol. The minimum absolute atomic E-state index is 0.383. The molecule has 1 aliphatic carbocycles. The second-order valence-corrected chi connectivity index (χ2v) is 4.24. The monoisotopic (exact) mass is 222 g/mol. The van der Waals surface area contributed by atoms with Gasteiger partial charge in [-0.2, -0.15) is 0 Å². The van der Waals surface area contributed by atoms with Gasteiger partial charge in [0.05, 0.1) is 12.7 Å². The van der Waals surface area contributed by atoms with E-state index in [2.05, 4.69) is 4.74 Å². The number of hydrogen-bond donors (Lipinski definition) is 0. The average Bonchev–Trinajstić information content (AvgIpc) is 2.77. The fraction of sp³-hybridized carbons (Fsp3) is 0.462. The first-order valence-corrected chi connectivity index (χ1v) is 5.53. The Labute approximate surface area is 94.4 Å². The zero-order valence-corrected chi connectivity index (χ0v) is 9.33. The maximum atomic E-state index is 14.3. The lowest BCUT2D eigenvalue weighted by molar-refractivity contribution is 0.0600. The minimum Gasteiger partial charge on any atom is -0.465 e. The summed E-state index contributed by atoms with van der Waals surface area (Å²) in [5.41, 5.74) is -0.0419. The van der Waals surface area contributed by atoms with Gasteiger partial charge in [0.15, 0.2) is 0 Å². The number of hydrogen-bond acceptors (Lipinski definition) is 2. The molecule has 0 heterocycles. The van der Waals surface area contributed by atoms with Crippen molar-refractivity contribution in [3.63, 3.8) is 0 Å². The largest absolute Gasteiger partial charge is 0.465 e. The van der Waals surface area contributed by atoms with Crippen LogP contribution in [0.25, 0.3) is 0 Å².